The van der Waals surface area contributed by atoms with Crippen LogP contribution in [0.4, 0.5) is 0 Å². The van der Waals surface area contributed by atoms with Gasteiger partial charge >= 0.3 is 0 Å². The Morgan fingerprint density at radius 3 is 2.88 bits per heavy atom. The molecule has 0 bridgehead atoms. The second kappa shape index (κ2) is 4.16. The Balaban J connectivity index is 1.92. The first-order chi connectivity index (χ1) is 8.16. The molecule has 1 aromatic heterocycles. The van der Waals surface area contributed by atoms with Crippen molar-refractivity contribution < 1.29 is 5.11 Å². The molecule has 2 nitrogen and oxygen atoms in total. The number of aryl methyl sites for hydroxylation is 1. The zero-order chi connectivity index (χ0) is 12.0. The van der Waals surface area contributed by atoms with E-state index in [0.717, 1.165) is 25.2 Å². The lowest BCUT2D eigenvalue weighted by atomic mass is 9.95. The number of aromatic nitrogens is 1. The van der Waals surface area contributed by atoms with Gasteiger partial charge in [-0.1, -0.05) is 12.8 Å². The zero-order valence-electron chi connectivity index (χ0n) is 10.9. The molecule has 0 aliphatic heterocycles. The third-order valence-electron chi connectivity index (χ3n) is 4.43. The first-order valence-electron chi connectivity index (χ1n) is 7.05. The summed E-state index contributed by atoms with van der Waals surface area (Å²) >= 11 is 0. The van der Waals surface area contributed by atoms with E-state index in [1.807, 2.05) is 0 Å². The van der Waals surface area contributed by atoms with Gasteiger partial charge in [-0.3, -0.25) is 0 Å². The van der Waals surface area contributed by atoms with Crippen molar-refractivity contribution in [3.8, 4) is 0 Å². The molecule has 1 heterocycles. The summed E-state index contributed by atoms with van der Waals surface area (Å²) in [4.78, 5) is 0. The van der Waals surface area contributed by atoms with Gasteiger partial charge in [-0.25, -0.2) is 0 Å². The van der Waals surface area contributed by atoms with Crippen molar-refractivity contribution in [2.24, 2.45) is 5.92 Å². The van der Waals surface area contributed by atoms with Crippen molar-refractivity contribution >= 4 is 0 Å². The van der Waals surface area contributed by atoms with Crippen LogP contribution in [-0.4, -0.2) is 9.67 Å². The Morgan fingerprint density at radius 2 is 2.18 bits per heavy atom. The van der Waals surface area contributed by atoms with Crippen LogP contribution in [0.5, 0.6) is 0 Å². The van der Waals surface area contributed by atoms with Crippen LogP contribution in [0.15, 0.2) is 6.07 Å². The quantitative estimate of drug-likeness (QED) is 0.849. The van der Waals surface area contributed by atoms with Crippen LogP contribution in [0.1, 0.15) is 68.1 Å². The molecule has 0 spiro atoms. The molecule has 1 fully saturated rings. The molecule has 94 valence electrons. The number of nitrogens with zero attached hydrogens (tertiary/aromatic N) is 1. The summed E-state index contributed by atoms with van der Waals surface area (Å²) in [5.74, 6) is 0.968. The van der Waals surface area contributed by atoms with Crippen LogP contribution in [0.3, 0.4) is 0 Å². The molecule has 17 heavy (non-hydrogen) atoms. The average molecular weight is 233 g/mol. The summed E-state index contributed by atoms with van der Waals surface area (Å²) in [5.41, 5.74) is 3.95. The van der Waals surface area contributed by atoms with Gasteiger partial charge < -0.3 is 9.67 Å². The summed E-state index contributed by atoms with van der Waals surface area (Å²) in [6, 6.07) is 2.82. The molecule has 1 N–H and O–H groups in total. The topological polar surface area (TPSA) is 25.2 Å². The van der Waals surface area contributed by atoms with Crippen molar-refractivity contribution in [1.82, 2.24) is 4.57 Å². The molecule has 1 aromatic rings. The monoisotopic (exact) mass is 233 g/mol. The smallest absolute Gasteiger partial charge is 0.0807 e. The minimum absolute atomic E-state index is 0.216. The standard InChI is InChI=1S/C15H23NO/c1-10(8-12-6-7-12)16-11(2)9-13-14(16)4-3-5-15(13)17/h9-10,12,15,17H,3-8H2,1-2H3. The van der Waals surface area contributed by atoms with Gasteiger partial charge in [0.05, 0.1) is 6.10 Å². The first-order valence-corrected chi connectivity index (χ1v) is 7.05. The maximum Gasteiger partial charge on any atom is 0.0807 e. The Bertz CT molecular complexity index is 417. The van der Waals surface area contributed by atoms with Gasteiger partial charge in [0.15, 0.2) is 0 Å². The van der Waals surface area contributed by atoms with Crippen LogP contribution in [-0.2, 0) is 6.42 Å². The first kappa shape index (κ1) is 11.3. The lowest BCUT2D eigenvalue weighted by molar-refractivity contribution is 0.155. The third-order valence-corrected chi connectivity index (χ3v) is 4.43. The van der Waals surface area contributed by atoms with E-state index in [1.165, 1.54) is 36.2 Å². The Kier molecular flexibility index (Phi) is 2.78. The minimum Gasteiger partial charge on any atom is -0.388 e. The van der Waals surface area contributed by atoms with Gasteiger partial charge in [0.1, 0.15) is 0 Å². The van der Waals surface area contributed by atoms with Crippen LogP contribution in [0, 0.1) is 12.8 Å². The van der Waals surface area contributed by atoms with Gasteiger partial charge in [0, 0.05) is 23.0 Å². The highest BCUT2D eigenvalue weighted by Crippen LogP contribution is 2.40. The van der Waals surface area contributed by atoms with Crippen LogP contribution < -0.4 is 0 Å². The van der Waals surface area contributed by atoms with E-state index in [1.54, 1.807) is 0 Å². The van der Waals surface area contributed by atoms with E-state index >= 15 is 0 Å². The summed E-state index contributed by atoms with van der Waals surface area (Å²) in [5, 5.41) is 10.1. The maximum atomic E-state index is 10.1. The average Bonchev–Trinajstić information content (AvgIpc) is 3.00. The fraction of sp³-hybridized carbons (Fsp3) is 0.733. The molecule has 2 unspecified atom stereocenters. The lowest BCUT2D eigenvalue weighted by Crippen LogP contribution is -2.15. The predicted octanol–water partition coefficient (Wildman–Crippen LogP) is 3.53. The van der Waals surface area contributed by atoms with Gasteiger partial charge in [-0.15, -0.1) is 0 Å². The highest BCUT2D eigenvalue weighted by molar-refractivity contribution is 5.32. The second-order valence-electron chi connectivity index (χ2n) is 5.99. The normalized spacial score (nSPS) is 25.7. The van der Waals surface area contributed by atoms with E-state index in [2.05, 4.69) is 24.5 Å². The largest absolute Gasteiger partial charge is 0.388 e. The molecule has 2 aliphatic rings. The lowest BCUT2D eigenvalue weighted by Gasteiger charge is -2.24. The maximum absolute atomic E-state index is 10.1. The van der Waals surface area contributed by atoms with Crippen molar-refractivity contribution in [3.63, 3.8) is 0 Å². The molecule has 2 aliphatic carbocycles. The van der Waals surface area contributed by atoms with Crippen molar-refractivity contribution in [3.05, 3.63) is 23.0 Å². The Hall–Kier alpha value is -0.760. The Labute approximate surface area is 104 Å². The summed E-state index contributed by atoms with van der Waals surface area (Å²) in [6.07, 6.45) is 7.17. The fourth-order valence-electron chi connectivity index (χ4n) is 3.46. The number of fused-ring (bicyclic) bond motifs is 1. The van der Waals surface area contributed by atoms with Gasteiger partial charge in [0.2, 0.25) is 0 Å². The SMILES string of the molecule is Cc1cc2c(n1C(C)CC1CC1)CCCC2O. The van der Waals surface area contributed by atoms with Crippen molar-refractivity contribution in [2.75, 3.05) is 0 Å². The second-order valence-corrected chi connectivity index (χ2v) is 5.99. The van der Waals surface area contributed by atoms with E-state index in [-0.39, 0.29) is 6.10 Å². The zero-order valence-corrected chi connectivity index (χ0v) is 10.9. The molecule has 2 atom stereocenters. The molecular weight excluding hydrogens is 210 g/mol. The number of rotatable bonds is 3. The predicted molar refractivity (Wildman–Crippen MR) is 69.1 cm³/mol. The van der Waals surface area contributed by atoms with Gasteiger partial charge in [-0.2, -0.15) is 0 Å². The molecule has 1 saturated carbocycles. The van der Waals surface area contributed by atoms with Crippen LogP contribution in [0.2, 0.25) is 0 Å². The number of hydrogen-bond donors (Lipinski definition) is 1. The molecule has 0 radical (unpaired) electrons. The molecule has 0 amide bonds. The number of aliphatic hydroxyl groups excluding tert-OH is 1. The molecule has 0 aromatic carbocycles. The Morgan fingerprint density at radius 1 is 1.41 bits per heavy atom. The molecule has 0 saturated heterocycles. The third kappa shape index (κ3) is 2.03. The fourth-order valence-corrected chi connectivity index (χ4v) is 3.46. The highest BCUT2D eigenvalue weighted by atomic mass is 16.3. The summed E-state index contributed by atoms with van der Waals surface area (Å²) in [6.45, 7) is 4.53. The number of aliphatic hydroxyl groups is 1. The van der Waals surface area contributed by atoms with Crippen LogP contribution in [0.25, 0.3) is 0 Å². The molecule has 3 rings (SSSR count). The van der Waals surface area contributed by atoms with Crippen molar-refractivity contribution in [2.45, 2.75) is 64.5 Å². The minimum atomic E-state index is -0.216. The van der Waals surface area contributed by atoms with Crippen molar-refractivity contribution in [1.29, 1.82) is 0 Å². The molecule has 2 heteroatoms. The van der Waals surface area contributed by atoms with Crippen LogP contribution >= 0.6 is 0 Å². The molecular formula is C15H23NO. The van der Waals surface area contributed by atoms with E-state index in [9.17, 15) is 5.11 Å². The summed E-state index contributed by atoms with van der Waals surface area (Å²) < 4.78 is 2.50. The number of hydrogen-bond acceptors (Lipinski definition) is 1. The van der Waals surface area contributed by atoms with Gasteiger partial charge in [0.25, 0.3) is 0 Å². The van der Waals surface area contributed by atoms with E-state index in [0.29, 0.717) is 6.04 Å². The van der Waals surface area contributed by atoms with E-state index in [4.69, 9.17) is 0 Å². The van der Waals surface area contributed by atoms with E-state index < -0.39 is 0 Å². The highest BCUT2D eigenvalue weighted by Gasteiger charge is 2.28. The summed E-state index contributed by atoms with van der Waals surface area (Å²) in [7, 11) is 0. The van der Waals surface area contributed by atoms with Gasteiger partial charge in [-0.05, 0) is 51.5 Å².